The molecule has 0 bridgehead atoms. The van der Waals surface area contributed by atoms with Crippen LogP contribution < -0.4 is 0 Å². The number of carbonyl (C=O) groups excluding carboxylic acids is 1. The summed E-state index contributed by atoms with van der Waals surface area (Å²) >= 11 is 6.27. The number of methoxy groups -OCH3 is 1. The quantitative estimate of drug-likeness (QED) is 0.301. The first-order valence-electron chi connectivity index (χ1n) is 10.9. The van der Waals surface area contributed by atoms with Gasteiger partial charge in [-0.1, -0.05) is 67.4 Å². The van der Waals surface area contributed by atoms with E-state index in [-0.39, 0.29) is 0 Å². The number of nitriles is 1. The minimum absolute atomic E-state index is 0.412. The topological polar surface area (TPSA) is 67.9 Å². The predicted molar refractivity (Wildman–Crippen MR) is 130 cm³/mol. The number of benzene rings is 3. The molecular formula is C27H24ClN3O2. The molecule has 0 N–H and O–H groups in total. The van der Waals surface area contributed by atoms with E-state index in [9.17, 15) is 10.1 Å². The maximum atomic E-state index is 12.5. The number of unbranched alkanes of at least 4 members (excludes halogenated alkanes) is 1. The van der Waals surface area contributed by atoms with Crippen LogP contribution in [0.3, 0.4) is 0 Å². The van der Waals surface area contributed by atoms with Crippen molar-refractivity contribution in [3.63, 3.8) is 0 Å². The highest BCUT2D eigenvalue weighted by Crippen LogP contribution is 2.29. The zero-order valence-electron chi connectivity index (χ0n) is 18.6. The van der Waals surface area contributed by atoms with Crippen molar-refractivity contribution in [2.45, 2.75) is 32.7 Å². The SMILES string of the molecule is CCCCc1nc2cc(Cl)cc(C(=O)OC)c2n1Cc1ccc(-c2ccccc2C#N)cc1. The van der Waals surface area contributed by atoms with Crippen LogP contribution in [0, 0.1) is 11.3 Å². The summed E-state index contributed by atoms with van der Waals surface area (Å²) in [6.07, 6.45) is 2.84. The standard InChI is InChI=1S/C27H24ClN3O2/c1-3-4-9-25-30-24-15-21(28)14-23(27(32)33-2)26(24)31(25)17-18-10-12-19(13-11-18)22-8-6-5-7-20(22)16-29/h5-8,10-15H,3-4,9,17H2,1-2H3. The first-order chi connectivity index (χ1) is 16.0. The van der Waals surface area contributed by atoms with Crippen LogP contribution in [-0.2, 0) is 17.7 Å². The molecule has 0 aliphatic heterocycles. The Kier molecular flexibility index (Phi) is 6.76. The average molecular weight is 458 g/mol. The summed E-state index contributed by atoms with van der Waals surface area (Å²) in [4.78, 5) is 17.3. The Bertz CT molecular complexity index is 1350. The van der Waals surface area contributed by atoms with Gasteiger partial charge in [-0.25, -0.2) is 9.78 Å². The third kappa shape index (κ3) is 4.62. The van der Waals surface area contributed by atoms with E-state index in [1.165, 1.54) is 7.11 Å². The molecule has 0 radical (unpaired) electrons. The van der Waals surface area contributed by atoms with E-state index >= 15 is 0 Å². The number of imidazole rings is 1. The Morgan fingerprint density at radius 2 is 1.91 bits per heavy atom. The normalized spacial score (nSPS) is 10.8. The van der Waals surface area contributed by atoms with E-state index in [0.717, 1.165) is 47.3 Å². The van der Waals surface area contributed by atoms with E-state index in [4.69, 9.17) is 21.3 Å². The first-order valence-corrected chi connectivity index (χ1v) is 11.3. The Labute approximate surface area is 198 Å². The number of nitrogens with zero attached hydrogens (tertiary/aromatic N) is 3. The van der Waals surface area contributed by atoms with E-state index in [0.29, 0.717) is 28.2 Å². The van der Waals surface area contributed by atoms with Crippen molar-refractivity contribution in [1.29, 1.82) is 5.26 Å². The maximum Gasteiger partial charge on any atom is 0.340 e. The highest BCUT2D eigenvalue weighted by Gasteiger charge is 2.20. The molecule has 4 aromatic rings. The van der Waals surface area contributed by atoms with Crippen LogP contribution in [0.2, 0.25) is 5.02 Å². The van der Waals surface area contributed by atoms with Gasteiger partial charge in [0.05, 0.1) is 35.3 Å². The molecule has 0 saturated heterocycles. The van der Waals surface area contributed by atoms with Crippen molar-refractivity contribution in [3.05, 3.63) is 88.2 Å². The molecule has 3 aromatic carbocycles. The molecule has 0 spiro atoms. The van der Waals surface area contributed by atoms with Gasteiger partial charge in [0.15, 0.2) is 0 Å². The summed E-state index contributed by atoms with van der Waals surface area (Å²) in [6.45, 7) is 2.70. The molecule has 0 aliphatic carbocycles. The minimum atomic E-state index is -0.436. The summed E-state index contributed by atoms with van der Waals surface area (Å²) in [5.74, 6) is 0.479. The zero-order chi connectivity index (χ0) is 23.4. The van der Waals surface area contributed by atoms with Crippen LogP contribution in [0.25, 0.3) is 22.2 Å². The van der Waals surface area contributed by atoms with Crippen LogP contribution in [0.5, 0.6) is 0 Å². The molecule has 0 unspecified atom stereocenters. The van der Waals surface area contributed by atoms with Gasteiger partial charge in [0.25, 0.3) is 0 Å². The molecule has 0 fully saturated rings. The Morgan fingerprint density at radius 1 is 1.15 bits per heavy atom. The lowest BCUT2D eigenvalue weighted by molar-refractivity contribution is 0.0602. The van der Waals surface area contributed by atoms with Crippen molar-refractivity contribution in [2.24, 2.45) is 0 Å². The zero-order valence-corrected chi connectivity index (χ0v) is 19.4. The Morgan fingerprint density at radius 3 is 2.61 bits per heavy atom. The number of esters is 1. The van der Waals surface area contributed by atoms with Crippen molar-refractivity contribution in [3.8, 4) is 17.2 Å². The number of fused-ring (bicyclic) bond motifs is 1. The molecular weight excluding hydrogens is 434 g/mol. The van der Waals surface area contributed by atoms with Gasteiger partial charge in [-0.15, -0.1) is 0 Å². The number of carbonyl (C=O) groups is 1. The number of aryl methyl sites for hydroxylation is 1. The average Bonchev–Trinajstić information content (AvgIpc) is 3.18. The molecule has 0 amide bonds. The third-order valence-corrected chi connectivity index (χ3v) is 5.92. The second-order valence-corrected chi connectivity index (χ2v) is 8.32. The van der Waals surface area contributed by atoms with Gasteiger partial charge in [-0.3, -0.25) is 0 Å². The molecule has 0 aliphatic rings. The summed E-state index contributed by atoms with van der Waals surface area (Å²) in [5.41, 5.74) is 5.44. The summed E-state index contributed by atoms with van der Waals surface area (Å²) in [6, 6.07) is 21.4. The Hall–Kier alpha value is -3.62. The second-order valence-electron chi connectivity index (χ2n) is 7.88. The molecule has 1 aromatic heterocycles. The molecule has 1 heterocycles. The van der Waals surface area contributed by atoms with Gasteiger partial charge >= 0.3 is 5.97 Å². The summed E-state index contributed by atoms with van der Waals surface area (Å²) in [5, 5.41) is 9.86. The van der Waals surface area contributed by atoms with Gasteiger partial charge in [-0.05, 0) is 41.3 Å². The fraction of sp³-hybridized carbons (Fsp3) is 0.222. The Balaban J connectivity index is 1.77. The van der Waals surface area contributed by atoms with Crippen molar-refractivity contribution >= 4 is 28.6 Å². The fourth-order valence-corrected chi connectivity index (χ4v) is 4.26. The lowest BCUT2D eigenvalue weighted by Gasteiger charge is -2.12. The van der Waals surface area contributed by atoms with Crippen LogP contribution >= 0.6 is 11.6 Å². The first kappa shape index (κ1) is 22.6. The van der Waals surface area contributed by atoms with Gasteiger partial charge in [0, 0.05) is 18.0 Å². The number of hydrogen-bond acceptors (Lipinski definition) is 4. The van der Waals surface area contributed by atoms with Crippen LogP contribution in [0.1, 0.15) is 47.1 Å². The van der Waals surface area contributed by atoms with Gasteiger partial charge in [0.1, 0.15) is 5.82 Å². The molecule has 33 heavy (non-hydrogen) atoms. The molecule has 5 nitrogen and oxygen atoms in total. The fourth-order valence-electron chi connectivity index (χ4n) is 4.05. The van der Waals surface area contributed by atoms with E-state index in [1.807, 2.05) is 48.5 Å². The molecule has 0 atom stereocenters. The van der Waals surface area contributed by atoms with Crippen molar-refractivity contribution < 1.29 is 9.53 Å². The highest BCUT2D eigenvalue weighted by molar-refractivity contribution is 6.32. The van der Waals surface area contributed by atoms with E-state index in [2.05, 4.69) is 17.6 Å². The van der Waals surface area contributed by atoms with E-state index in [1.54, 1.807) is 12.1 Å². The summed E-state index contributed by atoms with van der Waals surface area (Å²) < 4.78 is 7.11. The lowest BCUT2D eigenvalue weighted by Crippen LogP contribution is -2.09. The van der Waals surface area contributed by atoms with E-state index < -0.39 is 5.97 Å². The number of aromatic nitrogens is 2. The number of ether oxygens (including phenoxy) is 1. The monoisotopic (exact) mass is 457 g/mol. The third-order valence-electron chi connectivity index (χ3n) is 5.70. The molecule has 6 heteroatoms. The van der Waals surface area contributed by atoms with Gasteiger partial charge in [-0.2, -0.15) is 5.26 Å². The number of hydrogen-bond donors (Lipinski definition) is 0. The highest BCUT2D eigenvalue weighted by atomic mass is 35.5. The summed E-state index contributed by atoms with van der Waals surface area (Å²) in [7, 11) is 1.37. The molecule has 166 valence electrons. The number of halogens is 1. The van der Waals surface area contributed by atoms with Crippen molar-refractivity contribution in [1.82, 2.24) is 9.55 Å². The molecule has 0 saturated carbocycles. The minimum Gasteiger partial charge on any atom is -0.465 e. The largest absolute Gasteiger partial charge is 0.465 e. The number of rotatable bonds is 7. The van der Waals surface area contributed by atoms with Gasteiger partial charge in [0.2, 0.25) is 0 Å². The van der Waals surface area contributed by atoms with Crippen LogP contribution in [0.15, 0.2) is 60.7 Å². The maximum absolute atomic E-state index is 12.5. The second kappa shape index (κ2) is 9.89. The lowest BCUT2D eigenvalue weighted by atomic mass is 9.99. The smallest absolute Gasteiger partial charge is 0.340 e. The van der Waals surface area contributed by atoms with Crippen molar-refractivity contribution in [2.75, 3.05) is 7.11 Å². The predicted octanol–water partition coefficient (Wildman–Crippen LogP) is 6.41. The van der Waals surface area contributed by atoms with Gasteiger partial charge < -0.3 is 9.30 Å². The van der Waals surface area contributed by atoms with Crippen LogP contribution in [-0.4, -0.2) is 22.6 Å². The van der Waals surface area contributed by atoms with Crippen LogP contribution in [0.4, 0.5) is 0 Å². The molecule has 4 rings (SSSR count).